The molecule has 4 aromatic carbocycles. The van der Waals surface area contributed by atoms with E-state index in [4.69, 9.17) is 0 Å². The van der Waals surface area contributed by atoms with Gasteiger partial charge in [0, 0.05) is 22.3 Å². The van der Waals surface area contributed by atoms with Crippen molar-refractivity contribution < 1.29 is 10.2 Å². The Morgan fingerprint density at radius 3 is 0.875 bits per heavy atom. The maximum atomic E-state index is 11.3. The number of phenolic OH excluding ortho intramolecular Hbond substituents is 2. The van der Waals surface area contributed by atoms with Crippen LogP contribution in [0.15, 0.2) is 60.7 Å². The van der Waals surface area contributed by atoms with Crippen molar-refractivity contribution in [1.29, 1.82) is 0 Å². The lowest BCUT2D eigenvalue weighted by Gasteiger charge is -2.29. The van der Waals surface area contributed by atoms with Crippen molar-refractivity contribution in [1.82, 2.24) is 0 Å². The average Bonchev–Trinajstić information content (AvgIpc) is 2.80. The highest BCUT2D eigenvalue weighted by Gasteiger charge is 2.29. The Kier molecular flexibility index (Phi) is 7.19. The summed E-state index contributed by atoms with van der Waals surface area (Å²) in [4.78, 5) is 0. The summed E-state index contributed by atoms with van der Waals surface area (Å²) in [6.07, 6.45) is 0. The summed E-state index contributed by atoms with van der Waals surface area (Å²) in [5.74, 6) is 0.802. The van der Waals surface area contributed by atoms with E-state index in [-0.39, 0.29) is 21.7 Å². The summed E-state index contributed by atoms with van der Waals surface area (Å²) in [7, 11) is 0. The second kappa shape index (κ2) is 9.68. The maximum Gasteiger partial charge on any atom is 0.123 e. The Labute approximate surface area is 242 Å². The van der Waals surface area contributed by atoms with Crippen LogP contribution in [0, 0.1) is 0 Å². The highest BCUT2D eigenvalue weighted by atomic mass is 16.3. The van der Waals surface area contributed by atoms with Crippen LogP contribution in [0.4, 0.5) is 0 Å². The molecule has 0 amide bonds. The first kappa shape index (κ1) is 29.7. The van der Waals surface area contributed by atoms with Crippen LogP contribution < -0.4 is 0 Å². The molecule has 0 saturated heterocycles. The fourth-order valence-electron chi connectivity index (χ4n) is 5.68. The van der Waals surface area contributed by atoms with Gasteiger partial charge in [-0.15, -0.1) is 0 Å². The normalized spacial score (nSPS) is 13.2. The lowest BCUT2D eigenvalue weighted by molar-refractivity contribution is 0.422. The minimum atomic E-state index is -0.200. The van der Waals surface area contributed by atoms with Crippen molar-refractivity contribution in [2.75, 3.05) is 0 Å². The van der Waals surface area contributed by atoms with Gasteiger partial charge >= 0.3 is 0 Å². The van der Waals surface area contributed by atoms with Crippen molar-refractivity contribution in [3.8, 4) is 33.8 Å². The number of rotatable bonds is 2. The Morgan fingerprint density at radius 1 is 0.400 bits per heavy atom. The molecular formula is C38H48O2. The van der Waals surface area contributed by atoms with Gasteiger partial charge in [0.15, 0.2) is 0 Å². The topological polar surface area (TPSA) is 40.5 Å². The average molecular weight is 537 g/mol. The van der Waals surface area contributed by atoms with Gasteiger partial charge in [-0.3, -0.25) is 0 Å². The Morgan fingerprint density at radius 2 is 0.650 bits per heavy atom. The molecule has 4 aromatic rings. The van der Waals surface area contributed by atoms with Crippen LogP contribution in [0.3, 0.4) is 0 Å². The van der Waals surface area contributed by atoms with Gasteiger partial charge in [0.2, 0.25) is 0 Å². The van der Waals surface area contributed by atoms with E-state index in [9.17, 15) is 10.2 Å². The predicted molar refractivity (Wildman–Crippen MR) is 173 cm³/mol. The molecule has 2 N–H and O–H groups in total. The van der Waals surface area contributed by atoms with Gasteiger partial charge in [-0.2, -0.15) is 0 Å². The predicted octanol–water partition coefficient (Wildman–Crippen LogP) is 10.8. The SMILES string of the molecule is CC(C)(C)c1cc(-c2cccc3c(-c4cc(C(C)(C)C)c(O)c(C(C)(C)C)c4)cccc23)cc(C(C)(C)C)c1O. The summed E-state index contributed by atoms with van der Waals surface area (Å²) in [5.41, 5.74) is 7.60. The molecule has 0 spiro atoms. The van der Waals surface area contributed by atoms with Crippen LogP contribution in [-0.4, -0.2) is 10.2 Å². The van der Waals surface area contributed by atoms with E-state index in [2.05, 4.69) is 144 Å². The van der Waals surface area contributed by atoms with Gasteiger partial charge in [-0.1, -0.05) is 119 Å². The first-order chi connectivity index (χ1) is 18.2. The van der Waals surface area contributed by atoms with E-state index in [0.29, 0.717) is 11.5 Å². The van der Waals surface area contributed by atoms with Gasteiger partial charge in [0.25, 0.3) is 0 Å². The molecule has 0 saturated carbocycles. The van der Waals surface area contributed by atoms with Gasteiger partial charge in [0.1, 0.15) is 11.5 Å². The number of benzene rings is 4. The maximum absolute atomic E-state index is 11.3. The lowest BCUT2D eigenvalue weighted by Crippen LogP contribution is -2.17. The quantitative estimate of drug-likeness (QED) is 0.267. The number of aromatic hydroxyl groups is 2. The van der Waals surface area contributed by atoms with E-state index >= 15 is 0 Å². The van der Waals surface area contributed by atoms with Gasteiger partial charge in [-0.05, 0) is 79.0 Å². The van der Waals surface area contributed by atoms with Crippen LogP contribution in [0.25, 0.3) is 33.0 Å². The monoisotopic (exact) mass is 536 g/mol. The van der Waals surface area contributed by atoms with E-state index in [0.717, 1.165) is 44.5 Å². The van der Waals surface area contributed by atoms with Crippen LogP contribution in [-0.2, 0) is 21.7 Å². The zero-order valence-electron chi connectivity index (χ0n) is 26.7. The molecule has 0 aliphatic heterocycles. The smallest absolute Gasteiger partial charge is 0.123 e. The molecule has 0 unspecified atom stereocenters. The van der Waals surface area contributed by atoms with Crippen molar-refractivity contribution in [3.63, 3.8) is 0 Å². The largest absolute Gasteiger partial charge is 0.507 e. The van der Waals surface area contributed by atoms with Gasteiger partial charge in [0.05, 0.1) is 0 Å². The van der Waals surface area contributed by atoms with Crippen molar-refractivity contribution in [3.05, 3.63) is 82.9 Å². The molecule has 2 nitrogen and oxygen atoms in total. The zero-order valence-corrected chi connectivity index (χ0v) is 26.7. The molecule has 0 aliphatic carbocycles. The highest BCUT2D eigenvalue weighted by molar-refractivity contribution is 6.04. The zero-order chi connectivity index (χ0) is 30.0. The number of hydrogen-bond acceptors (Lipinski definition) is 2. The van der Waals surface area contributed by atoms with Crippen molar-refractivity contribution in [2.24, 2.45) is 0 Å². The van der Waals surface area contributed by atoms with Crippen LogP contribution in [0.2, 0.25) is 0 Å². The second-order valence-corrected chi connectivity index (χ2v) is 15.5. The molecule has 0 aliphatic rings. The summed E-state index contributed by atoms with van der Waals surface area (Å²) < 4.78 is 0. The fraction of sp³-hybridized carbons (Fsp3) is 0.421. The van der Waals surface area contributed by atoms with Gasteiger partial charge in [-0.25, -0.2) is 0 Å². The van der Waals surface area contributed by atoms with E-state index in [1.807, 2.05) is 0 Å². The van der Waals surface area contributed by atoms with Crippen molar-refractivity contribution >= 4 is 10.8 Å². The first-order valence-corrected chi connectivity index (χ1v) is 14.5. The van der Waals surface area contributed by atoms with Crippen LogP contribution in [0.1, 0.15) is 105 Å². The molecule has 40 heavy (non-hydrogen) atoms. The third-order valence-electron chi connectivity index (χ3n) is 8.00. The summed E-state index contributed by atoms with van der Waals surface area (Å²) in [6, 6.07) is 21.7. The standard InChI is InChI=1S/C38H48O2/c1-35(2,3)29-19-23(20-30(33(29)39)36(4,5)6)25-15-13-18-28-26(16-14-17-27(25)28)24-21-31(37(7,8)9)34(40)32(22-24)38(10,11)12/h13-22,39-40H,1-12H3. The molecule has 0 fully saturated rings. The minimum absolute atomic E-state index is 0.200. The molecule has 2 heteroatoms. The molecule has 212 valence electrons. The van der Waals surface area contributed by atoms with Crippen LogP contribution >= 0.6 is 0 Å². The number of fused-ring (bicyclic) bond motifs is 1. The molecule has 0 heterocycles. The Hall–Kier alpha value is -3.26. The minimum Gasteiger partial charge on any atom is -0.507 e. The summed E-state index contributed by atoms with van der Waals surface area (Å²) in [6.45, 7) is 25.9. The number of hydrogen-bond donors (Lipinski definition) is 2. The first-order valence-electron chi connectivity index (χ1n) is 14.5. The highest BCUT2D eigenvalue weighted by Crippen LogP contribution is 2.46. The molecule has 0 aromatic heterocycles. The Balaban J connectivity index is 2.05. The van der Waals surface area contributed by atoms with E-state index in [1.54, 1.807) is 0 Å². The molecular weight excluding hydrogens is 488 g/mol. The third-order valence-corrected chi connectivity index (χ3v) is 8.00. The molecule has 0 bridgehead atoms. The van der Waals surface area contributed by atoms with E-state index in [1.165, 1.54) is 10.8 Å². The van der Waals surface area contributed by atoms with E-state index < -0.39 is 0 Å². The fourth-order valence-corrected chi connectivity index (χ4v) is 5.68. The molecule has 0 atom stereocenters. The lowest BCUT2D eigenvalue weighted by atomic mass is 9.77. The Bertz CT molecular complexity index is 1380. The molecule has 0 radical (unpaired) electrons. The van der Waals surface area contributed by atoms with Crippen molar-refractivity contribution in [2.45, 2.75) is 105 Å². The molecule has 4 rings (SSSR count). The summed E-state index contributed by atoms with van der Waals surface area (Å²) >= 11 is 0. The van der Waals surface area contributed by atoms with Gasteiger partial charge < -0.3 is 10.2 Å². The third kappa shape index (κ3) is 5.51. The summed E-state index contributed by atoms with van der Waals surface area (Å²) in [5, 5.41) is 25.0. The second-order valence-electron chi connectivity index (χ2n) is 15.5. The van der Waals surface area contributed by atoms with Crippen LogP contribution in [0.5, 0.6) is 11.5 Å². The number of phenols is 2.